The number of aliphatic hydroxyl groups is 1. The number of ketones is 1. The first-order valence-electron chi connectivity index (χ1n) is 11.3. The normalized spacial score (nSPS) is 10.8. The van der Waals surface area contributed by atoms with Crippen molar-refractivity contribution in [2.75, 3.05) is 0 Å². The minimum Gasteiger partial charge on any atom is -0.512 e. The number of aliphatic hydroxyl groups excluding tert-OH is 1. The van der Waals surface area contributed by atoms with E-state index in [0.717, 1.165) is 11.3 Å². The summed E-state index contributed by atoms with van der Waals surface area (Å²) in [5, 5.41) is 9.63. The van der Waals surface area contributed by atoms with Crippen LogP contribution >= 0.6 is 11.3 Å². The van der Waals surface area contributed by atoms with Crippen LogP contribution in [0.15, 0.2) is 103 Å². The second-order valence-corrected chi connectivity index (χ2v) is 9.29. The van der Waals surface area contributed by atoms with Gasteiger partial charge in [-0.3, -0.25) is 4.79 Å². The summed E-state index contributed by atoms with van der Waals surface area (Å²) >= 11 is 1.81. The van der Waals surface area contributed by atoms with Crippen LogP contribution in [0.5, 0.6) is 0 Å². The van der Waals surface area contributed by atoms with E-state index in [4.69, 9.17) is 10.1 Å². The molecule has 5 rings (SSSR count). The summed E-state index contributed by atoms with van der Waals surface area (Å²) in [6.45, 7) is 5.05. The summed E-state index contributed by atoms with van der Waals surface area (Å²) in [6.07, 6.45) is 3.16. The average molecular weight is 669 g/mol. The zero-order valence-corrected chi connectivity index (χ0v) is 23.5. The number of carbonyl (C=O) groups is 1. The van der Waals surface area contributed by atoms with Crippen LogP contribution in [0.1, 0.15) is 19.4 Å². The van der Waals surface area contributed by atoms with Gasteiger partial charge in [-0.05, 0) is 48.5 Å². The van der Waals surface area contributed by atoms with Gasteiger partial charge in [0.1, 0.15) is 0 Å². The Hall–Kier alpha value is -3.37. The standard InChI is InChI=1S/C26H18NS.C5H8O2.Ir/c1-18-23-16-24(22-14-8-13-21(15-22)19-9-4-2-5-10-19)27-17-25(23)28-26(18)20-11-6-3-7-12-20;1-4(6)3-5(2)7;/h2-13,15-17H,1H3;3,6H,1-2H3;/q-1;;/b;4-3-;. The first kappa shape index (κ1) is 27.2. The Morgan fingerprint density at radius 3 is 2.14 bits per heavy atom. The molecule has 0 atom stereocenters. The van der Waals surface area contributed by atoms with Crippen LogP contribution in [0.4, 0.5) is 0 Å². The molecule has 5 aromatic rings. The maximum Gasteiger partial charge on any atom is 0.155 e. The number of allylic oxidation sites excluding steroid dienone is 2. The van der Waals surface area contributed by atoms with Gasteiger partial charge in [0, 0.05) is 37.3 Å². The number of hydrogen-bond donors (Lipinski definition) is 1. The molecule has 3 aromatic carbocycles. The van der Waals surface area contributed by atoms with Gasteiger partial charge >= 0.3 is 0 Å². The number of nitrogens with zero attached hydrogens (tertiary/aromatic N) is 1. The second-order valence-electron chi connectivity index (χ2n) is 8.24. The summed E-state index contributed by atoms with van der Waals surface area (Å²) in [7, 11) is 0. The van der Waals surface area contributed by atoms with Gasteiger partial charge < -0.3 is 10.1 Å². The molecule has 1 radical (unpaired) electrons. The number of pyridine rings is 1. The number of aryl methyl sites for hydroxylation is 1. The van der Waals surface area contributed by atoms with Crippen LogP contribution in [0.25, 0.3) is 42.9 Å². The Kier molecular flexibility index (Phi) is 9.49. The fourth-order valence-corrected chi connectivity index (χ4v) is 5.02. The van der Waals surface area contributed by atoms with E-state index in [1.165, 1.54) is 57.1 Å². The monoisotopic (exact) mass is 669 g/mol. The molecule has 0 saturated heterocycles. The topological polar surface area (TPSA) is 50.2 Å². The largest absolute Gasteiger partial charge is 0.512 e. The number of rotatable bonds is 4. The predicted octanol–water partition coefficient (Wildman–Crippen LogP) is 8.44. The molecule has 1 N–H and O–H groups in total. The molecular formula is C31H26IrNO2S-. The van der Waals surface area contributed by atoms with Crippen molar-refractivity contribution in [1.82, 2.24) is 4.98 Å². The van der Waals surface area contributed by atoms with E-state index in [2.05, 4.69) is 85.8 Å². The molecule has 0 amide bonds. The molecule has 0 aliphatic heterocycles. The molecule has 183 valence electrons. The third kappa shape index (κ3) is 6.64. The number of fused-ring (bicyclic) bond motifs is 1. The fraction of sp³-hybridized carbons (Fsp3) is 0.0968. The number of carbonyl (C=O) groups excluding carboxylic acids is 1. The van der Waals surface area contributed by atoms with Crippen molar-refractivity contribution in [3.8, 4) is 32.8 Å². The number of aromatic nitrogens is 1. The van der Waals surface area contributed by atoms with E-state index >= 15 is 0 Å². The van der Waals surface area contributed by atoms with Crippen LogP contribution in [0.3, 0.4) is 0 Å². The molecule has 2 aromatic heterocycles. The first-order valence-corrected chi connectivity index (χ1v) is 12.1. The van der Waals surface area contributed by atoms with Gasteiger partial charge in [0.05, 0.1) is 10.5 Å². The zero-order valence-electron chi connectivity index (χ0n) is 20.3. The Bertz CT molecular complexity index is 1490. The summed E-state index contributed by atoms with van der Waals surface area (Å²) in [6, 6.07) is 32.8. The van der Waals surface area contributed by atoms with Gasteiger partial charge in [-0.2, -0.15) is 0 Å². The van der Waals surface area contributed by atoms with Crippen LogP contribution in [0, 0.1) is 13.0 Å². The van der Waals surface area contributed by atoms with Gasteiger partial charge in [0.25, 0.3) is 0 Å². The van der Waals surface area contributed by atoms with E-state index in [9.17, 15) is 4.79 Å². The van der Waals surface area contributed by atoms with Crippen molar-refractivity contribution in [1.29, 1.82) is 0 Å². The molecular weight excluding hydrogens is 643 g/mol. The number of benzene rings is 3. The van der Waals surface area contributed by atoms with Crippen LogP contribution in [-0.4, -0.2) is 15.9 Å². The molecule has 0 aliphatic rings. The molecule has 0 spiro atoms. The first-order chi connectivity index (χ1) is 16.9. The summed E-state index contributed by atoms with van der Waals surface area (Å²) in [5.41, 5.74) is 6.95. The van der Waals surface area contributed by atoms with Gasteiger partial charge in [0.15, 0.2) is 5.78 Å². The van der Waals surface area contributed by atoms with Crippen molar-refractivity contribution < 1.29 is 30.0 Å². The molecule has 36 heavy (non-hydrogen) atoms. The van der Waals surface area contributed by atoms with Crippen LogP contribution < -0.4 is 0 Å². The van der Waals surface area contributed by atoms with Gasteiger partial charge in [0.2, 0.25) is 0 Å². The molecule has 2 heterocycles. The average Bonchev–Trinajstić information content (AvgIpc) is 3.20. The van der Waals surface area contributed by atoms with Crippen molar-refractivity contribution in [2.45, 2.75) is 20.8 Å². The van der Waals surface area contributed by atoms with E-state index in [1.54, 1.807) is 0 Å². The summed E-state index contributed by atoms with van der Waals surface area (Å²) in [5.74, 6) is -0.0625. The number of thiophene rings is 1. The summed E-state index contributed by atoms with van der Waals surface area (Å²) in [4.78, 5) is 16.1. The minimum atomic E-state index is -0.125. The molecule has 0 aliphatic carbocycles. The second kappa shape index (κ2) is 12.5. The number of hydrogen-bond acceptors (Lipinski definition) is 4. The minimum absolute atomic E-state index is 0. The van der Waals surface area contributed by atoms with Crippen LogP contribution in [-0.2, 0) is 24.9 Å². The Morgan fingerprint density at radius 1 is 0.917 bits per heavy atom. The Labute approximate surface area is 229 Å². The molecule has 5 heteroatoms. The van der Waals surface area contributed by atoms with Crippen molar-refractivity contribution in [2.24, 2.45) is 0 Å². The van der Waals surface area contributed by atoms with Gasteiger partial charge in [-0.15, -0.1) is 46.7 Å². The van der Waals surface area contributed by atoms with E-state index in [-0.39, 0.29) is 31.6 Å². The zero-order chi connectivity index (χ0) is 24.8. The Balaban J connectivity index is 0.000000400. The van der Waals surface area contributed by atoms with Gasteiger partial charge in [-0.1, -0.05) is 66.7 Å². The smallest absolute Gasteiger partial charge is 0.155 e. The van der Waals surface area contributed by atoms with E-state index < -0.39 is 0 Å². The quantitative estimate of drug-likeness (QED) is 0.119. The summed E-state index contributed by atoms with van der Waals surface area (Å²) < 4.78 is 1.22. The molecule has 0 saturated carbocycles. The third-order valence-corrected chi connectivity index (χ3v) is 6.75. The van der Waals surface area contributed by atoms with Crippen molar-refractivity contribution in [3.63, 3.8) is 0 Å². The maximum absolute atomic E-state index is 10.0. The molecule has 0 bridgehead atoms. The maximum atomic E-state index is 10.0. The van der Waals surface area contributed by atoms with Crippen LogP contribution in [0.2, 0.25) is 0 Å². The molecule has 3 nitrogen and oxygen atoms in total. The van der Waals surface area contributed by atoms with Gasteiger partial charge in [-0.25, -0.2) is 0 Å². The van der Waals surface area contributed by atoms with Crippen molar-refractivity contribution in [3.05, 3.63) is 115 Å². The Morgan fingerprint density at radius 2 is 1.56 bits per heavy atom. The van der Waals surface area contributed by atoms with E-state index in [0.29, 0.717) is 0 Å². The molecule has 0 fully saturated rings. The predicted molar refractivity (Wildman–Crippen MR) is 147 cm³/mol. The third-order valence-electron chi connectivity index (χ3n) is 5.46. The van der Waals surface area contributed by atoms with Crippen molar-refractivity contribution >= 4 is 27.2 Å². The fourth-order valence-electron chi connectivity index (χ4n) is 3.86. The van der Waals surface area contributed by atoms with E-state index in [1.807, 2.05) is 29.7 Å². The SMILES string of the molecule is CC(=O)/C=C(/C)O.Cc1c(-c2ccccc2)sc2cnc(-c3[c-]ccc(-c4ccccc4)c3)cc12.[Ir]. The molecule has 0 unspecified atom stereocenters.